The van der Waals surface area contributed by atoms with Crippen molar-refractivity contribution >= 4 is 11.9 Å². The molecule has 0 heterocycles. The van der Waals surface area contributed by atoms with Crippen molar-refractivity contribution in [3.63, 3.8) is 0 Å². The lowest BCUT2D eigenvalue weighted by atomic mass is 10.0. The molecule has 0 saturated carbocycles. The second kappa shape index (κ2) is 53.5. The Morgan fingerprint density at radius 3 is 0.968 bits per heavy atom. The maximum atomic E-state index is 12.5. The van der Waals surface area contributed by atoms with Gasteiger partial charge in [0.05, 0.1) is 25.4 Å². The molecule has 0 aromatic carbocycles. The highest BCUT2D eigenvalue weighted by Gasteiger charge is 2.20. The number of hydrogen-bond acceptors (Lipinski definition) is 5. The summed E-state index contributed by atoms with van der Waals surface area (Å²) in [6, 6.07) is -0.544. The largest absolute Gasteiger partial charge is 0.466 e. The number of carbonyl (C=O) groups excluding carboxylic acids is 2. The molecule has 1 amide bonds. The molecule has 2 unspecified atom stereocenters. The first-order valence-corrected chi connectivity index (χ1v) is 28.8. The van der Waals surface area contributed by atoms with Crippen LogP contribution in [0.1, 0.15) is 328 Å². The van der Waals surface area contributed by atoms with Crippen molar-refractivity contribution < 1.29 is 24.5 Å². The van der Waals surface area contributed by atoms with Crippen LogP contribution < -0.4 is 5.32 Å². The summed E-state index contributed by atoms with van der Waals surface area (Å²) in [4.78, 5) is 24.5. The number of ether oxygens (including phenoxy) is 1. The topological polar surface area (TPSA) is 95.9 Å². The first kappa shape index (κ1) is 61.9. The van der Waals surface area contributed by atoms with E-state index in [9.17, 15) is 19.8 Å². The molecule has 6 heteroatoms. The maximum Gasteiger partial charge on any atom is 0.305 e. The van der Waals surface area contributed by atoms with Gasteiger partial charge in [0.1, 0.15) is 0 Å². The van der Waals surface area contributed by atoms with Crippen molar-refractivity contribution in [1.29, 1.82) is 0 Å². The minimum absolute atomic E-state index is 0.00702. The number of nitrogens with one attached hydrogen (secondary N) is 1. The van der Waals surface area contributed by atoms with Gasteiger partial charge in [-0.1, -0.05) is 290 Å². The van der Waals surface area contributed by atoms with E-state index in [0.717, 1.165) is 38.5 Å². The average Bonchev–Trinajstić information content (AvgIpc) is 3.28. The summed E-state index contributed by atoms with van der Waals surface area (Å²) in [7, 11) is 0. The van der Waals surface area contributed by atoms with Gasteiger partial charge < -0.3 is 20.3 Å². The third-order valence-corrected chi connectivity index (χ3v) is 13.7. The summed E-state index contributed by atoms with van der Waals surface area (Å²) in [5.41, 5.74) is 0. The van der Waals surface area contributed by atoms with Gasteiger partial charge in [0.25, 0.3) is 0 Å². The zero-order valence-electron chi connectivity index (χ0n) is 42.8. The van der Waals surface area contributed by atoms with Crippen LogP contribution in [0.2, 0.25) is 0 Å². The molecular formula is C57H113NO5. The highest BCUT2D eigenvalue weighted by atomic mass is 16.5. The molecule has 63 heavy (non-hydrogen) atoms. The summed E-state index contributed by atoms with van der Waals surface area (Å²) in [6.07, 6.45) is 60.9. The van der Waals surface area contributed by atoms with E-state index in [4.69, 9.17) is 4.74 Å². The Balaban J connectivity index is 3.41. The predicted molar refractivity (Wildman–Crippen MR) is 274 cm³/mol. The summed E-state index contributed by atoms with van der Waals surface area (Å²) in [5, 5.41) is 23.3. The molecule has 0 spiro atoms. The van der Waals surface area contributed by atoms with E-state index in [-0.39, 0.29) is 18.5 Å². The lowest BCUT2D eigenvalue weighted by Crippen LogP contribution is -2.45. The van der Waals surface area contributed by atoms with E-state index >= 15 is 0 Å². The number of aliphatic hydroxyl groups excluding tert-OH is 2. The highest BCUT2D eigenvalue weighted by Crippen LogP contribution is 2.18. The molecule has 0 radical (unpaired) electrons. The van der Waals surface area contributed by atoms with Crippen molar-refractivity contribution in [2.24, 2.45) is 0 Å². The smallest absolute Gasteiger partial charge is 0.305 e. The Bertz CT molecular complexity index is 898. The fourth-order valence-corrected chi connectivity index (χ4v) is 9.23. The van der Waals surface area contributed by atoms with Gasteiger partial charge in [0, 0.05) is 12.8 Å². The van der Waals surface area contributed by atoms with Gasteiger partial charge in [-0.05, 0) is 25.7 Å². The normalized spacial score (nSPS) is 12.5. The Morgan fingerprint density at radius 2 is 0.651 bits per heavy atom. The molecule has 0 aliphatic carbocycles. The predicted octanol–water partition coefficient (Wildman–Crippen LogP) is 17.5. The first-order valence-electron chi connectivity index (χ1n) is 28.8. The fraction of sp³-hybridized carbons (Fsp3) is 0.965. The lowest BCUT2D eigenvalue weighted by molar-refractivity contribution is -0.143. The minimum Gasteiger partial charge on any atom is -0.466 e. The van der Waals surface area contributed by atoms with Crippen LogP contribution in [0, 0.1) is 0 Å². The Kier molecular flexibility index (Phi) is 52.5. The average molecular weight is 893 g/mol. The maximum absolute atomic E-state index is 12.5. The standard InChI is InChI=1S/C57H113NO5/c1-3-5-7-9-11-13-15-17-18-20-23-26-29-33-37-41-45-49-55(60)54(53-59)58-56(61)50-46-42-38-34-30-27-24-21-19-22-25-28-32-36-40-44-48-52-63-57(62)51-47-43-39-35-31-16-14-12-10-8-6-4-2/h54-55,59-60H,3-53H2,1-2H3,(H,58,61). The summed E-state index contributed by atoms with van der Waals surface area (Å²) < 4.78 is 5.47. The molecule has 0 aromatic rings. The molecule has 2 atom stereocenters. The van der Waals surface area contributed by atoms with Crippen LogP contribution in [0.4, 0.5) is 0 Å². The molecule has 0 bridgehead atoms. The molecule has 6 nitrogen and oxygen atoms in total. The number of carbonyl (C=O) groups is 2. The van der Waals surface area contributed by atoms with Gasteiger partial charge in [-0.25, -0.2) is 0 Å². The van der Waals surface area contributed by atoms with Crippen molar-refractivity contribution in [3.8, 4) is 0 Å². The second-order valence-electron chi connectivity index (χ2n) is 20.0. The van der Waals surface area contributed by atoms with Crippen LogP contribution >= 0.6 is 0 Å². The van der Waals surface area contributed by atoms with Crippen molar-refractivity contribution in [1.82, 2.24) is 5.32 Å². The summed E-state index contributed by atoms with van der Waals surface area (Å²) in [6.45, 7) is 4.97. The molecular weight excluding hydrogens is 779 g/mol. The van der Waals surface area contributed by atoms with E-state index in [0.29, 0.717) is 25.9 Å². The van der Waals surface area contributed by atoms with Crippen LogP contribution in [-0.4, -0.2) is 47.4 Å². The molecule has 0 fully saturated rings. The Labute approximate surface area is 394 Å². The van der Waals surface area contributed by atoms with E-state index < -0.39 is 12.1 Å². The number of unbranched alkanes of at least 4 members (excludes halogenated alkanes) is 43. The van der Waals surface area contributed by atoms with Crippen LogP contribution in [-0.2, 0) is 14.3 Å². The van der Waals surface area contributed by atoms with Crippen LogP contribution in [0.25, 0.3) is 0 Å². The van der Waals surface area contributed by atoms with Gasteiger partial charge in [0.15, 0.2) is 0 Å². The highest BCUT2D eigenvalue weighted by molar-refractivity contribution is 5.76. The monoisotopic (exact) mass is 892 g/mol. The van der Waals surface area contributed by atoms with Crippen molar-refractivity contribution in [2.75, 3.05) is 13.2 Å². The quantitative estimate of drug-likeness (QED) is 0.0418. The van der Waals surface area contributed by atoms with Crippen molar-refractivity contribution in [2.45, 2.75) is 341 Å². The molecule has 3 N–H and O–H groups in total. The molecule has 0 saturated heterocycles. The Morgan fingerprint density at radius 1 is 0.381 bits per heavy atom. The van der Waals surface area contributed by atoms with Crippen molar-refractivity contribution in [3.05, 3.63) is 0 Å². The van der Waals surface area contributed by atoms with E-state index in [1.807, 2.05) is 0 Å². The molecule has 0 rings (SSSR count). The number of amides is 1. The third kappa shape index (κ3) is 50.1. The van der Waals surface area contributed by atoms with Gasteiger partial charge in [-0.15, -0.1) is 0 Å². The van der Waals surface area contributed by atoms with Gasteiger partial charge in [-0.3, -0.25) is 9.59 Å². The number of aliphatic hydroxyl groups is 2. The molecule has 376 valence electrons. The number of esters is 1. The molecule has 0 aliphatic heterocycles. The van der Waals surface area contributed by atoms with E-state index in [1.54, 1.807) is 0 Å². The Hall–Kier alpha value is -1.14. The van der Waals surface area contributed by atoms with Gasteiger partial charge in [0.2, 0.25) is 5.91 Å². The van der Waals surface area contributed by atoms with Gasteiger partial charge >= 0.3 is 5.97 Å². The lowest BCUT2D eigenvalue weighted by Gasteiger charge is -2.22. The third-order valence-electron chi connectivity index (χ3n) is 13.7. The second-order valence-corrected chi connectivity index (χ2v) is 20.0. The first-order chi connectivity index (χ1) is 31.0. The van der Waals surface area contributed by atoms with E-state index in [2.05, 4.69) is 19.2 Å². The summed E-state index contributed by atoms with van der Waals surface area (Å²) >= 11 is 0. The molecule has 0 aliphatic rings. The fourth-order valence-electron chi connectivity index (χ4n) is 9.23. The van der Waals surface area contributed by atoms with Crippen LogP contribution in [0.15, 0.2) is 0 Å². The van der Waals surface area contributed by atoms with Crippen LogP contribution in [0.3, 0.4) is 0 Å². The minimum atomic E-state index is -0.666. The number of rotatable bonds is 54. The zero-order valence-corrected chi connectivity index (χ0v) is 42.8. The number of hydrogen-bond donors (Lipinski definition) is 3. The summed E-state index contributed by atoms with van der Waals surface area (Å²) in [5.74, 6) is -0.0299. The molecule has 0 aromatic heterocycles. The van der Waals surface area contributed by atoms with E-state index in [1.165, 1.54) is 257 Å². The van der Waals surface area contributed by atoms with Crippen LogP contribution in [0.5, 0.6) is 0 Å². The zero-order chi connectivity index (χ0) is 45.8. The SMILES string of the molecule is CCCCCCCCCCCCCCCCCCCC(O)C(CO)NC(=O)CCCCCCCCCCCCCCCCCCCOC(=O)CCCCCCCCCCCCCC. The van der Waals surface area contributed by atoms with Gasteiger partial charge in [-0.2, -0.15) is 0 Å².